The average molecular weight is 301 g/mol. The van der Waals surface area contributed by atoms with Crippen molar-refractivity contribution in [3.63, 3.8) is 0 Å². The molecule has 0 radical (unpaired) electrons. The fourth-order valence-electron chi connectivity index (χ4n) is 2.67. The molecular weight excluding hydrogens is 274 g/mol. The zero-order chi connectivity index (χ0) is 16.5. The first kappa shape index (κ1) is 16.7. The lowest BCUT2D eigenvalue weighted by Crippen LogP contribution is -2.21. The Labute approximate surface area is 133 Å². The molecule has 0 unspecified atom stereocenters. The lowest BCUT2D eigenvalue weighted by Gasteiger charge is -2.21. The van der Waals surface area contributed by atoms with Gasteiger partial charge in [-0.2, -0.15) is 0 Å². The van der Waals surface area contributed by atoms with Gasteiger partial charge in [0.05, 0.1) is 18.8 Å². The van der Waals surface area contributed by atoms with Crippen LogP contribution in [0.4, 0.5) is 0 Å². The van der Waals surface area contributed by atoms with E-state index in [2.05, 4.69) is 76.1 Å². The van der Waals surface area contributed by atoms with Gasteiger partial charge in [0.2, 0.25) is 0 Å². The minimum absolute atomic E-state index is 0.0738. The number of aliphatic hydroxyl groups excluding tert-OH is 1. The second-order valence-electron chi connectivity index (χ2n) is 7.90. The number of nitrogens with zero attached hydrogens (tertiary/aromatic N) is 3. The molecule has 2 aromatic rings. The van der Waals surface area contributed by atoms with Crippen molar-refractivity contribution in [3.05, 3.63) is 46.8 Å². The third-order valence-corrected chi connectivity index (χ3v) is 3.82. The maximum absolute atomic E-state index is 9.47. The number of aliphatic hydroxyl groups is 1. The van der Waals surface area contributed by atoms with Crippen molar-refractivity contribution in [3.8, 4) is 0 Å². The Morgan fingerprint density at radius 2 is 1.55 bits per heavy atom. The zero-order valence-electron chi connectivity index (χ0n) is 14.5. The number of benzene rings is 1. The normalized spacial score (nSPS) is 12.7. The molecule has 1 aromatic carbocycles. The molecule has 120 valence electrons. The van der Waals surface area contributed by atoms with E-state index in [4.69, 9.17) is 0 Å². The zero-order valence-corrected chi connectivity index (χ0v) is 14.5. The molecule has 0 spiro atoms. The average Bonchev–Trinajstić information content (AvgIpc) is 2.81. The molecule has 1 aromatic heterocycles. The molecule has 1 heterocycles. The summed E-state index contributed by atoms with van der Waals surface area (Å²) in [5.41, 5.74) is 4.22. The molecule has 0 bridgehead atoms. The Hall–Kier alpha value is -1.68. The van der Waals surface area contributed by atoms with Crippen molar-refractivity contribution in [1.82, 2.24) is 15.0 Å². The highest BCUT2D eigenvalue weighted by Gasteiger charge is 2.25. The second kappa shape index (κ2) is 5.84. The summed E-state index contributed by atoms with van der Waals surface area (Å²) in [6, 6.07) is 8.65. The van der Waals surface area contributed by atoms with E-state index < -0.39 is 0 Å². The SMILES string of the molecule is CC(C)(C)c1ccc(Cn2nnc(CO)c2C(C)(C)C)cc1. The van der Waals surface area contributed by atoms with E-state index in [1.54, 1.807) is 0 Å². The van der Waals surface area contributed by atoms with Gasteiger partial charge in [-0.05, 0) is 16.5 Å². The number of hydrogen-bond acceptors (Lipinski definition) is 3. The molecule has 1 N–H and O–H groups in total. The summed E-state index contributed by atoms with van der Waals surface area (Å²) < 4.78 is 1.90. The summed E-state index contributed by atoms with van der Waals surface area (Å²) >= 11 is 0. The van der Waals surface area contributed by atoms with E-state index >= 15 is 0 Å². The summed E-state index contributed by atoms with van der Waals surface area (Å²) in [5.74, 6) is 0. The Morgan fingerprint density at radius 1 is 0.955 bits per heavy atom. The Kier molecular flexibility index (Phi) is 4.43. The predicted molar refractivity (Wildman–Crippen MR) is 88.9 cm³/mol. The first-order valence-electron chi connectivity index (χ1n) is 7.76. The monoisotopic (exact) mass is 301 g/mol. The summed E-state index contributed by atoms with van der Waals surface area (Å²) in [6.07, 6.45) is 0. The van der Waals surface area contributed by atoms with Crippen molar-refractivity contribution in [2.75, 3.05) is 0 Å². The molecular formula is C18H27N3O. The molecule has 0 fully saturated rings. The highest BCUT2D eigenvalue weighted by Crippen LogP contribution is 2.26. The molecule has 4 heteroatoms. The van der Waals surface area contributed by atoms with Crippen LogP contribution in [0.1, 0.15) is 64.1 Å². The number of rotatable bonds is 3. The molecule has 0 saturated heterocycles. The minimum atomic E-state index is -0.104. The van der Waals surface area contributed by atoms with Crippen LogP contribution in [0, 0.1) is 0 Å². The van der Waals surface area contributed by atoms with Crippen LogP contribution in [-0.4, -0.2) is 20.1 Å². The third kappa shape index (κ3) is 3.55. The van der Waals surface area contributed by atoms with Gasteiger partial charge in [0.15, 0.2) is 0 Å². The molecule has 0 atom stereocenters. The van der Waals surface area contributed by atoms with Gasteiger partial charge in [-0.15, -0.1) is 5.10 Å². The highest BCUT2D eigenvalue weighted by atomic mass is 16.3. The van der Waals surface area contributed by atoms with E-state index in [1.165, 1.54) is 11.1 Å². The second-order valence-corrected chi connectivity index (χ2v) is 7.90. The number of aromatic nitrogens is 3. The van der Waals surface area contributed by atoms with Gasteiger partial charge < -0.3 is 5.11 Å². The van der Waals surface area contributed by atoms with Crippen LogP contribution in [-0.2, 0) is 24.0 Å². The maximum Gasteiger partial charge on any atom is 0.112 e. The fourth-order valence-corrected chi connectivity index (χ4v) is 2.67. The van der Waals surface area contributed by atoms with E-state index in [-0.39, 0.29) is 17.4 Å². The van der Waals surface area contributed by atoms with Gasteiger partial charge in [0.25, 0.3) is 0 Å². The lowest BCUT2D eigenvalue weighted by molar-refractivity contribution is 0.273. The first-order valence-corrected chi connectivity index (χ1v) is 7.76. The standard InChI is InChI=1S/C18H27N3O/c1-17(2,3)14-9-7-13(8-10-14)11-21-16(18(4,5)6)15(12-22)19-20-21/h7-10,22H,11-12H2,1-6H3. The van der Waals surface area contributed by atoms with Crippen molar-refractivity contribution in [1.29, 1.82) is 0 Å². The summed E-state index contributed by atoms with van der Waals surface area (Å²) in [7, 11) is 0. The van der Waals surface area contributed by atoms with Crippen LogP contribution in [0.5, 0.6) is 0 Å². The van der Waals surface area contributed by atoms with Gasteiger partial charge in [-0.3, -0.25) is 0 Å². The predicted octanol–water partition coefficient (Wildman–Crippen LogP) is 3.41. The van der Waals surface area contributed by atoms with Gasteiger partial charge in [-0.1, -0.05) is 71.0 Å². The van der Waals surface area contributed by atoms with Crippen LogP contribution in [0.3, 0.4) is 0 Å². The molecule has 0 aliphatic carbocycles. The third-order valence-electron chi connectivity index (χ3n) is 3.82. The molecule has 2 rings (SSSR count). The maximum atomic E-state index is 9.47. The van der Waals surface area contributed by atoms with E-state index in [0.717, 1.165) is 5.69 Å². The minimum Gasteiger partial charge on any atom is -0.390 e. The van der Waals surface area contributed by atoms with Crippen LogP contribution in [0.2, 0.25) is 0 Å². The quantitative estimate of drug-likeness (QED) is 0.945. The van der Waals surface area contributed by atoms with Crippen LogP contribution in [0.15, 0.2) is 24.3 Å². The van der Waals surface area contributed by atoms with Crippen molar-refractivity contribution in [2.45, 2.75) is 65.5 Å². The van der Waals surface area contributed by atoms with E-state index in [1.807, 2.05) is 4.68 Å². The Morgan fingerprint density at radius 3 is 2.00 bits per heavy atom. The largest absolute Gasteiger partial charge is 0.390 e. The van der Waals surface area contributed by atoms with E-state index in [0.29, 0.717) is 12.2 Å². The van der Waals surface area contributed by atoms with Crippen LogP contribution in [0.25, 0.3) is 0 Å². The lowest BCUT2D eigenvalue weighted by atomic mass is 9.86. The smallest absolute Gasteiger partial charge is 0.112 e. The molecule has 0 saturated carbocycles. The topological polar surface area (TPSA) is 50.9 Å². The highest BCUT2D eigenvalue weighted by molar-refractivity contribution is 5.28. The van der Waals surface area contributed by atoms with Gasteiger partial charge in [-0.25, -0.2) is 4.68 Å². The summed E-state index contributed by atoms with van der Waals surface area (Å²) in [6.45, 7) is 13.6. The van der Waals surface area contributed by atoms with Gasteiger partial charge in [0, 0.05) is 5.41 Å². The van der Waals surface area contributed by atoms with Gasteiger partial charge in [0.1, 0.15) is 5.69 Å². The van der Waals surface area contributed by atoms with Gasteiger partial charge >= 0.3 is 0 Å². The van der Waals surface area contributed by atoms with Crippen molar-refractivity contribution >= 4 is 0 Å². The first-order chi connectivity index (χ1) is 10.1. The van der Waals surface area contributed by atoms with Crippen molar-refractivity contribution in [2.24, 2.45) is 0 Å². The molecule has 0 aliphatic heterocycles. The molecule has 0 aliphatic rings. The van der Waals surface area contributed by atoms with Crippen LogP contribution < -0.4 is 0 Å². The molecule has 4 nitrogen and oxygen atoms in total. The number of hydrogen-bond donors (Lipinski definition) is 1. The Bertz CT molecular complexity index is 628. The molecule has 22 heavy (non-hydrogen) atoms. The van der Waals surface area contributed by atoms with E-state index in [9.17, 15) is 5.11 Å². The summed E-state index contributed by atoms with van der Waals surface area (Å²) in [4.78, 5) is 0. The fraction of sp³-hybridized carbons (Fsp3) is 0.556. The molecule has 0 amide bonds. The van der Waals surface area contributed by atoms with Crippen molar-refractivity contribution < 1.29 is 5.11 Å². The summed E-state index contributed by atoms with van der Waals surface area (Å²) in [5, 5.41) is 17.8. The van der Waals surface area contributed by atoms with Crippen LogP contribution >= 0.6 is 0 Å². The Balaban J connectivity index is 2.30.